The minimum absolute atomic E-state index is 0.932. The van der Waals surface area contributed by atoms with Crippen molar-refractivity contribution in [2.75, 3.05) is 53.4 Å². The summed E-state index contributed by atoms with van der Waals surface area (Å²) in [6.45, 7) is 6.93. The predicted octanol–water partition coefficient (Wildman–Crippen LogP) is 0.533. The van der Waals surface area contributed by atoms with E-state index in [1.165, 1.54) is 38.9 Å². The number of nitrogens with zero attached hydrogens (tertiary/aromatic N) is 3. The van der Waals surface area contributed by atoms with E-state index in [-0.39, 0.29) is 0 Å². The van der Waals surface area contributed by atoms with Gasteiger partial charge < -0.3 is 9.80 Å². The van der Waals surface area contributed by atoms with E-state index in [1.807, 2.05) is 0 Å². The van der Waals surface area contributed by atoms with E-state index in [4.69, 9.17) is 0 Å². The van der Waals surface area contributed by atoms with Gasteiger partial charge in [0.05, 0.1) is 0 Å². The van der Waals surface area contributed by atoms with Crippen molar-refractivity contribution in [2.24, 2.45) is 0 Å². The molecule has 4 heteroatoms. The maximum absolute atomic E-state index is 4.31. The highest BCUT2D eigenvalue weighted by Gasteiger charge is 2.09. The Bertz CT molecular complexity index is 155. The fraction of sp³-hybridized carbons (Fsp3) is 1.00. The molecular formula is C12H27N4. The van der Waals surface area contributed by atoms with E-state index in [2.05, 4.69) is 34.7 Å². The maximum Gasteiger partial charge on any atom is 0.0316 e. The molecule has 1 rings (SSSR count). The molecule has 0 saturated carbocycles. The van der Waals surface area contributed by atoms with Gasteiger partial charge in [0.2, 0.25) is 0 Å². The fourth-order valence-corrected chi connectivity index (χ4v) is 2.01. The fourth-order valence-electron chi connectivity index (χ4n) is 2.01. The van der Waals surface area contributed by atoms with Gasteiger partial charge in [-0.05, 0) is 66.0 Å². The lowest BCUT2D eigenvalue weighted by Crippen LogP contribution is -2.30. The molecule has 0 bridgehead atoms. The molecule has 0 aromatic carbocycles. The van der Waals surface area contributed by atoms with Gasteiger partial charge in [0.15, 0.2) is 0 Å². The second kappa shape index (κ2) is 8.93. The Kier molecular flexibility index (Phi) is 7.76. The SMILES string of the molecule is CN(C)CCC[N]NCCCN1CCCC1. The molecule has 1 radical (unpaired) electrons. The van der Waals surface area contributed by atoms with E-state index < -0.39 is 0 Å². The molecule has 1 fully saturated rings. The highest BCUT2D eigenvalue weighted by atomic mass is 15.3. The van der Waals surface area contributed by atoms with Crippen LogP contribution in [-0.4, -0.2) is 63.2 Å². The third-order valence-electron chi connectivity index (χ3n) is 2.95. The quantitative estimate of drug-likeness (QED) is 0.461. The summed E-state index contributed by atoms with van der Waals surface area (Å²) in [5, 5.41) is 0. The normalized spacial score (nSPS) is 17.4. The number of rotatable bonds is 9. The highest BCUT2D eigenvalue weighted by molar-refractivity contribution is 4.65. The molecular weight excluding hydrogens is 200 g/mol. The summed E-state index contributed by atoms with van der Waals surface area (Å²) in [4.78, 5) is 4.75. The molecule has 0 aromatic heterocycles. The zero-order valence-corrected chi connectivity index (χ0v) is 10.9. The van der Waals surface area contributed by atoms with Gasteiger partial charge in [-0.1, -0.05) is 0 Å². The lowest BCUT2D eigenvalue weighted by atomic mass is 10.4. The zero-order valence-electron chi connectivity index (χ0n) is 10.9. The van der Waals surface area contributed by atoms with Crippen LogP contribution in [0.5, 0.6) is 0 Å². The summed E-state index contributed by atoms with van der Waals surface area (Å²) < 4.78 is 0. The molecule has 0 aliphatic carbocycles. The van der Waals surface area contributed by atoms with Crippen molar-refractivity contribution in [3.05, 3.63) is 0 Å². The lowest BCUT2D eigenvalue weighted by Gasteiger charge is -2.14. The second-order valence-corrected chi connectivity index (χ2v) is 4.85. The Hall–Kier alpha value is -0.160. The molecule has 1 aliphatic heterocycles. The first-order chi connectivity index (χ1) is 7.79. The Morgan fingerprint density at radius 2 is 1.94 bits per heavy atom. The highest BCUT2D eigenvalue weighted by Crippen LogP contribution is 2.06. The molecule has 0 spiro atoms. The number of hydrogen-bond acceptors (Lipinski definition) is 3. The van der Waals surface area contributed by atoms with Crippen molar-refractivity contribution < 1.29 is 0 Å². The minimum Gasteiger partial charge on any atom is -0.309 e. The molecule has 1 saturated heterocycles. The van der Waals surface area contributed by atoms with Crippen LogP contribution in [0.3, 0.4) is 0 Å². The molecule has 1 aliphatic rings. The van der Waals surface area contributed by atoms with Gasteiger partial charge in [-0.15, -0.1) is 0 Å². The van der Waals surface area contributed by atoms with Crippen LogP contribution in [0.25, 0.3) is 0 Å². The predicted molar refractivity (Wildman–Crippen MR) is 68.5 cm³/mol. The van der Waals surface area contributed by atoms with E-state index >= 15 is 0 Å². The molecule has 1 N–H and O–H groups in total. The molecule has 0 unspecified atom stereocenters. The molecule has 4 nitrogen and oxygen atoms in total. The average Bonchev–Trinajstić information content (AvgIpc) is 2.74. The van der Waals surface area contributed by atoms with Gasteiger partial charge in [-0.2, -0.15) is 5.43 Å². The van der Waals surface area contributed by atoms with E-state index in [0.29, 0.717) is 0 Å². The topological polar surface area (TPSA) is 32.6 Å². The molecule has 0 aromatic rings. The monoisotopic (exact) mass is 227 g/mol. The van der Waals surface area contributed by atoms with E-state index in [0.717, 1.165) is 26.1 Å². The number of nitrogens with one attached hydrogen (secondary N) is 1. The van der Waals surface area contributed by atoms with Gasteiger partial charge in [-0.3, -0.25) is 0 Å². The van der Waals surface area contributed by atoms with Gasteiger partial charge in [-0.25, -0.2) is 5.43 Å². The molecule has 0 atom stereocenters. The third-order valence-corrected chi connectivity index (χ3v) is 2.95. The van der Waals surface area contributed by atoms with Crippen LogP contribution in [-0.2, 0) is 0 Å². The summed E-state index contributed by atoms with van der Waals surface area (Å²) in [7, 11) is 4.20. The van der Waals surface area contributed by atoms with Crippen molar-refractivity contribution in [2.45, 2.75) is 25.7 Å². The molecule has 1 heterocycles. The van der Waals surface area contributed by atoms with Gasteiger partial charge in [0, 0.05) is 13.1 Å². The van der Waals surface area contributed by atoms with Crippen LogP contribution in [0.4, 0.5) is 0 Å². The van der Waals surface area contributed by atoms with Crippen LogP contribution in [0.1, 0.15) is 25.7 Å². The lowest BCUT2D eigenvalue weighted by molar-refractivity contribution is 0.324. The minimum atomic E-state index is 0.932. The summed E-state index contributed by atoms with van der Waals surface area (Å²) in [5.74, 6) is 0. The zero-order chi connectivity index (χ0) is 11.6. The average molecular weight is 227 g/mol. The Morgan fingerprint density at radius 3 is 2.62 bits per heavy atom. The van der Waals surface area contributed by atoms with Crippen LogP contribution in [0, 0.1) is 0 Å². The Morgan fingerprint density at radius 1 is 1.19 bits per heavy atom. The van der Waals surface area contributed by atoms with Crippen LogP contribution in [0.2, 0.25) is 0 Å². The van der Waals surface area contributed by atoms with Gasteiger partial charge in [0.25, 0.3) is 0 Å². The van der Waals surface area contributed by atoms with Gasteiger partial charge >= 0.3 is 0 Å². The van der Waals surface area contributed by atoms with Crippen LogP contribution < -0.4 is 10.9 Å². The van der Waals surface area contributed by atoms with Crippen molar-refractivity contribution in [1.82, 2.24) is 20.7 Å². The van der Waals surface area contributed by atoms with E-state index in [9.17, 15) is 0 Å². The number of likely N-dealkylation sites (tertiary alicyclic amines) is 1. The largest absolute Gasteiger partial charge is 0.309 e. The first kappa shape index (κ1) is 13.9. The standard InChI is InChI=1S/C12H27N4/c1-15(2)9-5-7-13-14-8-6-12-16-10-3-4-11-16/h14H,3-12H2,1-2H3. The summed E-state index contributed by atoms with van der Waals surface area (Å²) in [6.07, 6.45) is 5.15. The first-order valence-corrected chi connectivity index (χ1v) is 6.55. The summed E-state index contributed by atoms with van der Waals surface area (Å²) >= 11 is 0. The second-order valence-electron chi connectivity index (χ2n) is 4.85. The smallest absolute Gasteiger partial charge is 0.0316 e. The molecule has 0 amide bonds. The maximum atomic E-state index is 4.31. The molecule has 16 heavy (non-hydrogen) atoms. The van der Waals surface area contributed by atoms with Crippen LogP contribution in [0.15, 0.2) is 0 Å². The first-order valence-electron chi connectivity index (χ1n) is 6.55. The van der Waals surface area contributed by atoms with Crippen molar-refractivity contribution >= 4 is 0 Å². The van der Waals surface area contributed by atoms with E-state index in [1.54, 1.807) is 0 Å². The van der Waals surface area contributed by atoms with Crippen molar-refractivity contribution in [3.8, 4) is 0 Å². The van der Waals surface area contributed by atoms with Crippen molar-refractivity contribution in [1.29, 1.82) is 0 Å². The van der Waals surface area contributed by atoms with Crippen LogP contribution >= 0.6 is 0 Å². The Labute approximate surface area is 100 Å². The third kappa shape index (κ3) is 7.17. The van der Waals surface area contributed by atoms with Gasteiger partial charge in [0.1, 0.15) is 0 Å². The summed E-state index contributed by atoms with van der Waals surface area (Å²) in [5.41, 5.74) is 7.48. The van der Waals surface area contributed by atoms with Crippen molar-refractivity contribution in [3.63, 3.8) is 0 Å². The Balaban J connectivity index is 1.74. The summed E-state index contributed by atoms with van der Waals surface area (Å²) in [6, 6.07) is 0. The molecule has 95 valence electrons. The number of hydrogen-bond donors (Lipinski definition) is 1.